The monoisotopic (exact) mass is 456 g/mol. The van der Waals surface area contributed by atoms with E-state index in [9.17, 15) is 15.3 Å². The molecule has 34 heavy (non-hydrogen) atoms. The van der Waals surface area contributed by atoms with Crippen molar-refractivity contribution in [3.63, 3.8) is 0 Å². The summed E-state index contributed by atoms with van der Waals surface area (Å²) < 4.78 is 12.7. The Morgan fingerprint density at radius 1 is 0.912 bits per heavy atom. The number of ether oxygens (including phenoxy) is 2. The number of hydrogen-bond acceptors (Lipinski definition) is 7. The van der Waals surface area contributed by atoms with Crippen LogP contribution in [0.2, 0.25) is 0 Å². The molecule has 2 aliphatic carbocycles. The highest BCUT2D eigenvalue weighted by molar-refractivity contribution is 5.80. The smallest absolute Gasteiger partial charge is 0.169 e. The second-order valence-electron chi connectivity index (χ2n) is 9.82. The number of nitriles is 2. The largest absolute Gasteiger partial charge is 0.347 e. The molecule has 0 aromatic carbocycles. The normalized spacial score (nSPS) is 30.5. The maximum absolute atomic E-state index is 11.8. The molecule has 1 saturated heterocycles. The van der Waals surface area contributed by atoms with Crippen LogP contribution in [0.1, 0.15) is 68.3 Å². The summed E-state index contributed by atoms with van der Waals surface area (Å²) in [6.07, 6.45) is 8.34. The molecule has 1 aliphatic heterocycles. The average molecular weight is 457 g/mol. The molecule has 0 amide bonds. The van der Waals surface area contributed by atoms with E-state index < -0.39 is 16.6 Å². The minimum absolute atomic E-state index is 0.145. The van der Waals surface area contributed by atoms with Crippen LogP contribution in [-0.2, 0) is 31.5 Å². The maximum atomic E-state index is 11.8. The van der Waals surface area contributed by atoms with Gasteiger partial charge < -0.3 is 9.47 Å². The van der Waals surface area contributed by atoms with Crippen molar-refractivity contribution in [2.45, 2.75) is 80.5 Å². The standard InChI is InChI=1S/C27H28N4O3/c28-18-25(23-5-1-2-14-30-23)10-12-27(13-11-25)33-17-22(34-27)16-20-4-3-15-31-24(20)26(19-29)8-6-21(32)7-9-26/h1-5,14-15,22H,6-13,16-17H2. The summed E-state index contributed by atoms with van der Waals surface area (Å²) in [5.74, 6) is -0.457. The Hall–Kier alpha value is -3.13. The van der Waals surface area contributed by atoms with Gasteiger partial charge in [0.2, 0.25) is 0 Å². The van der Waals surface area contributed by atoms with Crippen molar-refractivity contribution in [3.8, 4) is 12.1 Å². The van der Waals surface area contributed by atoms with Gasteiger partial charge in [-0.05, 0) is 49.4 Å². The first-order chi connectivity index (χ1) is 16.5. The fourth-order valence-corrected chi connectivity index (χ4v) is 5.74. The summed E-state index contributed by atoms with van der Waals surface area (Å²) in [4.78, 5) is 20.9. The predicted octanol–water partition coefficient (Wildman–Crippen LogP) is 4.07. The van der Waals surface area contributed by atoms with E-state index in [1.807, 2.05) is 30.3 Å². The van der Waals surface area contributed by atoms with E-state index >= 15 is 0 Å². The van der Waals surface area contributed by atoms with E-state index in [2.05, 4.69) is 22.1 Å². The molecule has 0 bridgehead atoms. The number of ketones is 1. The molecular weight excluding hydrogens is 428 g/mol. The van der Waals surface area contributed by atoms with E-state index in [0.29, 0.717) is 64.4 Å². The van der Waals surface area contributed by atoms with Gasteiger partial charge in [-0.3, -0.25) is 14.8 Å². The maximum Gasteiger partial charge on any atom is 0.169 e. The second-order valence-corrected chi connectivity index (χ2v) is 9.82. The molecule has 3 aliphatic rings. The van der Waals surface area contributed by atoms with Gasteiger partial charge in [-0.1, -0.05) is 12.1 Å². The summed E-state index contributed by atoms with van der Waals surface area (Å²) in [5.41, 5.74) is 1.25. The van der Waals surface area contributed by atoms with Gasteiger partial charge in [-0.2, -0.15) is 10.5 Å². The molecule has 0 N–H and O–H groups in total. The molecule has 0 radical (unpaired) electrons. The predicted molar refractivity (Wildman–Crippen MR) is 122 cm³/mol. The molecule has 1 spiro atoms. The van der Waals surface area contributed by atoms with Crippen molar-refractivity contribution in [2.24, 2.45) is 0 Å². The van der Waals surface area contributed by atoms with E-state index in [0.717, 1.165) is 17.0 Å². The van der Waals surface area contributed by atoms with Crippen molar-refractivity contribution in [1.29, 1.82) is 10.5 Å². The Balaban J connectivity index is 1.29. The summed E-state index contributed by atoms with van der Waals surface area (Å²) in [7, 11) is 0. The lowest BCUT2D eigenvalue weighted by Crippen LogP contribution is -2.42. The molecule has 1 atom stereocenters. The number of nitrogens with zero attached hydrogens (tertiary/aromatic N) is 4. The highest BCUT2D eigenvalue weighted by Crippen LogP contribution is 2.47. The average Bonchev–Trinajstić information content (AvgIpc) is 3.28. The van der Waals surface area contributed by atoms with E-state index in [-0.39, 0.29) is 11.9 Å². The number of pyridine rings is 2. The van der Waals surface area contributed by atoms with Crippen LogP contribution in [0.15, 0.2) is 42.7 Å². The van der Waals surface area contributed by atoms with E-state index in [4.69, 9.17) is 9.47 Å². The van der Waals surface area contributed by atoms with Gasteiger partial charge in [0.05, 0.1) is 41.7 Å². The number of rotatable bonds is 4. The molecule has 3 fully saturated rings. The highest BCUT2D eigenvalue weighted by Gasteiger charge is 2.50. The number of carbonyl (C=O) groups is 1. The number of carbonyl (C=O) groups excluding carboxylic acids is 1. The van der Waals surface area contributed by atoms with Gasteiger partial charge in [0, 0.05) is 44.5 Å². The lowest BCUT2D eigenvalue weighted by atomic mass is 9.70. The molecule has 5 rings (SSSR count). The van der Waals surface area contributed by atoms with Crippen molar-refractivity contribution in [2.75, 3.05) is 6.61 Å². The second kappa shape index (κ2) is 8.91. The van der Waals surface area contributed by atoms with Crippen LogP contribution in [0.3, 0.4) is 0 Å². The number of Topliss-reactive ketones (excluding diaryl/α,β-unsaturated/α-hetero) is 1. The van der Waals surface area contributed by atoms with Crippen molar-refractivity contribution >= 4 is 5.78 Å². The minimum Gasteiger partial charge on any atom is -0.347 e. The minimum atomic E-state index is -0.721. The Morgan fingerprint density at radius 2 is 1.65 bits per heavy atom. The SMILES string of the molecule is N#CC1(c2ccccn2)CCC2(CC1)OCC(Cc1cccnc1C1(C#N)CCC(=O)CC1)O2. The van der Waals surface area contributed by atoms with Crippen LogP contribution in [0.25, 0.3) is 0 Å². The van der Waals surface area contributed by atoms with Crippen LogP contribution in [-0.4, -0.2) is 34.2 Å². The first-order valence-electron chi connectivity index (χ1n) is 12.0. The van der Waals surface area contributed by atoms with Gasteiger partial charge in [-0.15, -0.1) is 0 Å². The summed E-state index contributed by atoms with van der Waals surface area (Å²) in [6, 6.07) is 14.6. The Morgan fingerprint density at radius 3 is 2.32 bits per heavy atom. The van der Waals surface area contributed by atoms with Crippen LogP contribution >= 0.6 is 0 Å². The lowest BCUT2D eigenvalue weighted by molar-refractivity contribution is -0.192. The van der Waals surface area contributed by atoms with Gasteiger partial charge in [0.15, 0.2) is 5.79 Å². The lowest BCUT2D eigenvalue weighted by Gasteiger charge is -2.39. The Labute approximate surface area is 199 Å². The summed E-state index contributed by atoms with van der Waals surface area (Å²) >= 11 is 0. The van der Waals surface area contributed by atoms with Crippen molar-refractivity contribution in [3.05, 3.63) is 59.7 Å². The van der Waals surface area contributed by atoms with Crippen LogP contribution in [0.4, 0.5) is 0 Å². The van der Waals surface area contributed by atoms with Crippen molar-refractivity contribution in [1.82, 2.24) is 9.97 Å². The van der Waals surface area contributed by atoms with Gasteiger partial charge in [0.25, 0.3) is 0 Å². The van der Waals surface area contributed by atoms with Crippen LogP contribution < -0.4 is 0 Å². The molecular formula is C27H28N4O3. The highest BCUT2D eigenvalue weighted by atomic mass is 16.7. The Kier molecular flexibility index (Phi) is 5.93. The molecule has 2 saturated carbocycles. The number of hydrogen-bond donors (Lipinski definition) is 0. The first-order valence-corrected chi connectivity index (χ1v) is 12.0. The zero-order chi connectivity index (χ0) is 23.7. The zero-order valence-corrected chi connectivity index (χ0v) is 19.2. The quantitative estimate of drug-likeness (QED) is 0.682. The summed E-state index contributed by atoms with van der Waals surface area (Å²) in [5, 5.41) is 20.0. The fraction of sp³-hybridized carbons (Fsp3) is 0.519. The van der Waals surface area contributed by atoms with Gasteiger partial charge in [0.1, 0.15) is 11.2 Å². The third-order valence-electron chi connectivity index (χ3n) is 7.82. The first kappa shape index (κ1) is 22.7. The molecule has 1 unspecified atom stereocenters. The van der Waals surface area contributed by atoms with Gasteiger partial charge in [-0.25, -0.2) is 0 Å². The van der Waals surface area contributed by atoms with E-state index in [1.54, 1.807) is 12.4 Å². The zero-order valence-electron chi connectivity index (χ0n) is 19.2. The molecule has 2 aromatic rings. The third kappa shape index (κ3) is 4.00. The van der Waals surface area contributed by atoms with E-state index in [1.165, 1.54) is 0 Å². The third-order valence-corrected chi connectivity index (χ3v) is 7.82. The van der Waals surface area contributed by atoms with Crippen LogP contribution in [0.5, 0.6) is 0 Å². The van der Waals surface area contributed by atoms with Crippen LogP contribution in [0, 0.1) is 22.7 Å². The molecule has 3 heterocycles. The molecule has 174 valence electrons. The molecule has 7 heteroatoms. The topological polar surface area (TPSA) is 109 Å². The molecule has 7 nitrogen and oxygen atoms in total. The van der Waals surface area contributed by atoms with Gasteiger partial charge >= 0.3 is 0 Å². The molecule has 2 aromatic heterocycles. The summed E-state index contributed by atoms with van der Waals surface area (Å²) in [6.45, 7) is 0.468. The number of aromatic nitrogens is 2. The fourth-order valence-electron chi connectivity index (χ4n) is 5.74. The van der Waals surface area contributed by atoms with Crippen molar-refractivity contribution < 1.29 is 14.3 Å². The Bertz CT molecular complexity index is 1130.